The number of aliphatic imine (C=N–C) groups is 1. The maximum Gasteiger partial charge on any atom is 0.358 e. The number of aryl methyl sites for hydroxylation is 1. The minimum Gasteiger partial charge on any atom is -0.478 e. The lowest BCUT2D eigenvalue weighted by Gasteiger charge is -2.34. The van der Waals surface area contributed by atoms with Gasteiger partial charge < -0.3 is 15.2 Å². The lowest BCUT2D eigenvalue weighted by atomic mass is 9.94. The molecule has 2 aromatic heterocycles. The summed E-state index contributed by atoms with van der Waals surface area (Å²) in [7, 11) is 0. The van der Waals surface area contributed by atoms with E-state index in [0.29, 0.717) is 36.6 Å². The molecule has 0 unspecified atom stereocenters. The fourth-order valence-corrected chi connectivity index (χ4v) is 3.99. The molecule has 2 aliphatic rings. The van der Waals surface area contributed by atoms with E-state index in [1.54, 1.807) is 6.20 Å². The third-order valence-electron chi connectivity index (χ3n) is 5.17. The van der Waals surface area contributed by atoms with E-state index >= 15 is 0 Å². The van der Waals surface area contributed by atoms with Crippen molar-refractivity contribution in [1.29, 1.82) is 0 Å². The molecule has 0 amide bonds. The van der Waals surface area contributed by atoms with Gasteiger partial charge in [-0.1, -0.05) is 11.6 Å². The van der Waals surface area contributed by atoms with Gasteiger partial charge >= 0.3 is 11.6 Å². The van der Waals surface area contributed by atoms with Crippen LogP contribution in [0.3, 0.4) is 0 Å². The largest absolute Gasteiger partial charge is 0.478 e. The summed E-state index contributed by atoms with van der Waals surface area (Å²) in [4.78, 5) is 13.9. The van der Waals surface area contributed by atoms with E-state index in [2.05, 4.69) is 34.2 Å². The smallest absolute Gasteiger partial charge is 0.358 e. The topological polar surface area (TPSA) is 114 Å². The number of nitrogens with two attached hydrogens (primary N) is 1. The standard InChI is InChI=1S/C19H26ClN7O2/c1-11(23-12-5-8-29-19(2,3)9-12)14-16(21)28-7-4-6-27-17-13(15(20)26-27)10-22-18(24-14)25-17/h10,12H,4-9H2,1-3H3,(H3,21,22,23,24,25,26)/p+1/t12-/m0/s1. The Kier molecular flexibility index (Phi) is 5.35. The quantitative estimate of drug-likeness (QED) is 0.507. The molecule has 0 radical (unpaired) electrons. The first kappa shape index (κ1) is 19.9. The number of fused-ring (bicyclic) bond motifs is 1. The van der Waals surface area contributed by atoms with Gasteiger partial charge in [0.15, 0.2) is 5.15 Å². The number of hydrogen-bond donors (Lipinski definition) is 3. The zero-order valence-corrected chi connectivity index (χ0v) is 17.7. The van der Waals surface area contributed by atoms with E-state index < -0.39 is 0 Å². The van der Waals surface area contributed by atoms with Gasteiger partial charge in [0.05, 0.1) is 30.2 Å². The van der Waals surface area contributed by atoms with Crippen LogP contribution in [0.25, 0.3) is 11.0 Å². The van der Waals surface area contributed by atoms with Gasteiger partial charge in [0, 0.05) is 18.0 Å². The van der Waals surface area contributed by atoms with Gasteiger partial charge in [0.2, 0.25) is 5.88 Å². The predicted molar refractivity (Wildman–Crippen MR) is 111 cm³/mol. The number of aromatic nitrogens is 4. The summed E-state index contributed by atoms with van der Waals surface area (Å²) < 4.78 is 13.5. The van der Waals surface area contributed by atoms with E-state index in [9.17, 15) is 0 Å². The molecule has 2 bridgehead atoms. The van der Waals surface area contributed by atoms with Gasteiger partial charge in [-0.2, -0.15) is 9.67 Å². The van der Waals surface area contributed by atoms with Crippen molar-refractivity contribution in [3.05, 3.63) is 22.9 Å². The summed E-state index contributed by atoms with van der Waals surface area (Å²) >= 11 is 6.27. The number of nitrogens with one attached hydrogen (secondary N) is 2. The average Bonchev–Trinajstić information content (AvgIpc) is 2.96. The van der Waals surface area contributed by atoms with Crippen LogP contribution in [-0.4, -0.2) is 45.6 Å². The second kappa shape index (κ2) is 7.79. The molecule has 0 aromatic carbocycles. The number of rotatable bonds is 2. The Morgan fingerprint density at radius 1 is 1.41 bits per heavy atom. The number of hydrogen-bond acceptors (Lipinski definition) is 7. The molecule has 4 rings (SSSR count). The molecule has 156 valence electrons. The molecular formula is C19H27ClN7O2+. The second-order valence-electron chi connectivity index (χ2n) is 8.04. The number of H-pyrrole nitrogens is 1. The van der Waals surface area contributed by atoms with Crippen LogP contribution in [0.1, 0.15) is 40.0 Å². The minimum absolute atomic E-state index is 0.160. The van der Waals surface area contributed by atoms with Gasteiger partial charge in [-0.15, -0.1) is 0 Å². The van der Waals surface area contributed by atoms with Gasteiger partial charge in [-0.25, -0.2) is 5.10 Å². The van der Waals surface area contributed by atoms with Crippen molar-refractivity contribution in [2.24, 2.45) is 10.7 Å². The van der Waals surface area contributed by atoms with Crippen molar-refractivity contribution in [3.8, 4) is 0 Å². The zero-order chi connectivity index (χ0) is 20.6. The highest BCUT2D eigenvalue weighted by Crippen LogP contribution is 2.27. The summed E-state index contributed by atoms with van der Waals surface area (Å²) in [5.74, 6) is 0.696. The fourth-order valence-electron chi connectivity index (χ4n) is 3.75. The molecule has 0 spiro atoms. The van der Waals surface area contributed by atoms with Crippen LogP contribution in [0.15, 0.2) is 22.8 Å². The highest BCUT2D eigenvalue weighted by Gasteiger charge is 2.29. The van der Waals surface area contributed by atoms with Crippen molar-refractivity contribution >= 4 is 34.3 Å². The van der Waals surface area contributed by atoms with E-state index in [1.165, 1.54) is 0 Å². The Balaban J connectivity index is 1.68. The molecule has 1 fully saturated rings. The molecule has 9 nitrogen and oxygen atoms in total. The third-order valence-corrected chi connectivity index (χ3v) is 5.46. The normalized spacial score (nSPS) is 25.4. The molecule has 1 saturated heterocycles. The summed E-state index contributed by atoms with van der Waals surface area (Å²) in [5, 5.41) is 7.59. The minimum atomic E-state index is -0.180. The van der Waals surface area contributed by atoms with Crippen molar-refractivity contribution in [1.82, 2.24) is 15.1 Å². The Bertz CT molecular complexity index is 982. The number of allylic oxidation sites excluding steroid dienone is 1. The van der Waals surface area contributed by atoms with Gasteiger partial charge in [-0.05, 0) is 33.6 Å². The van der Waals surface area contributed by atoms with E-state index in [4.69, 9.17) is 31.8 Å². The van der Waals surface area contributed by atoms with Crippen molar-refractivity contribution < 1.29 is 14.2 Å². The van der Waals surface area contributed by atoms with Crippen LogP contribution in [0.4, 0.5) is 5.95 Å². The highest BCUT2D eigenvalue weighted by atomic mass is 35.5. The summed E-state index contributed by atoms with van der Waals surface area (Å²) in [6.45, 7) is 7.93. The monoisotopic (exact) mass is 420 g/mol. The summed E-state index contributed by atoms with van der Waals surface area (Å²) in [6, 6.07) is 0.160. The molecule has 10 heteroatoms. The van der Waals surface area contributed by atoms with Crippen molar-refractivity contribution in [2.75, 3.05) is 18.5 Å². The molecule has 4 N–H and O–H groups in total. The SMILES string of the molecule is CC(=N[C@H]1CCOC(C)(C)C1)/C1=C(\N)OCCC[n+]2[nH]c(Cl)c3cnc(nc32)N1. The number of halogens is 1. The Hall–Kier alpha value is -2.39. The molecule has 0 saturated carbocycles. The number of anilines is 1. The van der Waals surface area contributed by atoms with Gasteiger partial charge in [-0.3, -0.25) is 10.3 Å². The highest BCUT2D eigenvalue weighted by molar-refractivity contribution is 6.33. The number of nitrogens with zero attached hydrogens (tertiary/aromatic N) is 4. The summed E-state index contributed by atoms with van der Waals surface area (Å²) in [6.07, 6.45) is 4.16. The van der Waals surface area contributed by atoms with E-state index in [0.717, 1.165) is 36.0 Å². The maximum atomic E-state index is 6.27. The Morgan fingerprint density at radius 2 is 2.24 bits per heavy atom. The van der Waals surface area contributed by atoms with Crippen LogP contribution in [0, 0.1) is 0 Å². The molecule has 29 heavy (non-hydrogen) atoms. The van der Waals surface area contributed by atoms with Crippen molar-refractivity contribution in [3.63, 3.8) is 0 Å². The van der Waals surface area contributed by atoms with E-state index in [-0.39, 0.29) is 17.5 Å². The number of aromatic amines is 1. The first-order chi connectivity index (χ1) is 13.8. The van der Waals surface area contributed by atoms with Gasteiger partial charge in [0.25, 0.3) is 0 Å². The fraction of sp³-hybridized carbons (Fsp3) is 0.579. The molecule has 1 atom stereocenters. The average molecular weight is 421 g/mol. The van der Waals surface area contributed by atoms with Crippen LogP contribution < -0.4 is 15.7 Å². The lowest BCUT2D eigenvalue weighted by Crippen LogP contribution is -2.37. The lowest BCUT2D eigenvalue weighted by molar-refractivity contribution is -0.728. The zero-order valence-electron chi connectivity index (χ0n) is 17.0. The molecule has 2 aliphatic heterocycles. The Labute approximate surface area is 174 Å². The van der Waals surface area contributed by atoms with E-state index in [1.807, 2.05) is 11.6 Å². The van der Waals surface area contributed by atoms with Crippen molar-refractivity contribution in [2.45, 2.75) is 58.2 Å². The first-order valence-electron chi connectivity index (χ1n) is 9.85. The first-order valence-corrected chi connectivity index (χ1v) is 10.2. The van der Waals surface area contributed by atoms with Crippen LogP contribution in [0.2, 0.25) is 5.15 Å². The predicted octanol–water partition coefficient (Wildman–Crippen LogP) is 2.28. The third kappa shape index (κ3) is 4.30. The van der Waals surface area contributed by atoms with Crippen LogP contribution in [-0.2, 0) is 16.0 Å². The second-order valence-corrected chi connectivity index (χ2v) is 8.42. The number of ether oxygens (including phenoxy) is 2. The van der Waals surface area contributed by atoms with Gasteiger partial charge in [0.1, 0.15) is 17.6 Å². The maximum absolute atomic E-state index is 6.27. The van der Waals surface area contributed by atoms with Crippen LogP contribution in [0.5, 0.6) is 0 Å². The molecule has 4 heterocycles. The molecule has 2 aromatic rings. The molecule has 0 aliphatic carbocycles. The van der Waals surface area contributed by atoms with Crippen LogP contribution >= 0.6 is 11.6 Å². The summed E-state index contributed by atoms with van der Waals surface area (Å²) in [5.41, 5.74) is 8.16. The Morgan fingerprint density at radius 3 is 3.03 bits per heavy atom. The molecular weight excluding hydrogens is 394 g/mol.